The number of hydrogen-bond donors (Lipinski definition) is 1. The fourth-order valence-corrected chi connectivity index (χ4v) is 10.5. The van der Waals surface area contributed by atoms with Crippen LogP contribution in [0.4, 0.5) is 24.5 Å². The molecular formula is C58H71F3N8O5. The van der Waals surface area contributed by atoms with Gasteiger partial charge in [0.25, 0.3) is 11.8 Å². The first-order valence-electron chi connectivity index (χ1n) is 26.6. The Kier molecular flexibility index (Phi) is 18.0. The van der Waals surface area contributed by atoms with E-state index in [0.29, 0.717) is 61.7 Å². The van der Waals surface area contributed by atoms with Crippen molar-refractivity contribution >= 4 is 35.5 Å². The van der Waals surface area contributed by atoms with E-state index in [2.05, 4.69) is 55.6 Å². The second-order valence-corrected chi connectivity index (χ2v) is 20.3. The molecule has 4 aromatic carbocycles. The number of nitrogens with zero attached hydrogens (tertiary/aromatic N) is 7. The number of benzene rings is 4. The summed E-state index contributed by atoms with van der Waals surface area (Å²) in [6, 6.07) is 24.7. The van der Waals surface area contributed by atoms with Crippen molar-refractivity contribution in [1.29, 1.82) is 0 Å². The average molecular weight is 1020 g/mol. The maximum atomic E-state index is 14.6. The highest BCUT2D eigenvalue weighted by molar-refractivity contribution is 6.10. The predicted octanol–water partition coefficient (Wildman–Crippen LogP) is 10.2. The highest BCUT2D eigenvalue weighted by Gasteiger charge is 2.41. The Morgan fingerprint density at radius 1 is 0.824 bits per heavy atom. The van der Waals surface area contributed by atoms with Gasteiger partial charge >= 0.3 is 6.18 Å². The summed E-state index contributed by atoms with van der Waals surface area (Å²) in [5.41, 5.74) is 6.41. The van der Waals surface area contributed by atoms with E-state index in [1.165, 1.54) is 42.2 Å². The van der Waals surface area contributed by atoms with Crippen LogP contribution >= 0.6 is 0 Å². The lowest BCUT2D eigenvalue weighted by atomic mass is 9.89. The van der Waals surface area contributed by atoms with Crippen LogP contribution in [0.1, 0.15) is 150 Å². The molecule has 0 spiro atoms. The van der Waals surface area contributed by atoms with Crippen LogP contribution in [0, 0.1) is 5.92 Å². The van der Waals surface area contributed by atoms with Gasteiger partial charge in [0.1, 0.15) is 12.2 Å². The van der Waals surface area contributed by atoms with Crippen molar-refractivity contribution < 1.29 is 37.1 Å². The lowest BCUT2D eigenvalue weighted by Gasteiger charge is -2.34. The molecule has 1 saturated carbocycles. The van der Waals surface area contributed by atoms with Crippen molar-refractivity contribution in [3.63, 3.8) is 0 Å². The van der Waals surface area contributed by atoms with Gasteiger partial charge in [-0.05, 0) is 134 Å². The first-order valence-corrected chi connectivity index (χ1v) is 26.6. The van der Waals surface area contributed by atoms with Crippen LogP contribution in [0.15, 0.2) is 85.2 Å². The summed E-state index contributed by atoms with van der Waals surface area (Å²) in [5, 5.41) is 10.2. The molecule has 0 bridgehead atoms. The molecule has 16 heteroatoms. The van der Waals surface area contributed by atoms with Crippen molar-refractivity contribution in [2.45, 2.75) is 142 Å². The Morgan fingerprint density at radius 2 is 1.57 bits per heavy atom. The fraction of sp³-hybridized carbons (Fsp3) is 0.483. The number of fused-ring (bicyclic) bond motifs is 2. The highest BCUT2D eigenvalue weighted by Crippen LogP contribution is 2.40. The number of anilines is 2. The lowest BCUT2D eigenvalue weighted by Crippen LogP contribution is -2.39. The van der Waals surface area contributed by atoms with E-state index < -0.39 is 17.6 Å². The summed E-state index contributed by atoms with van der Waals surface area (Å²) in [5.74, 6) is 0.480. The molecule has 394 valence electrons. The Bertz CT molecular complexity index is 2730. The van der Waals surface area contributed by atoms with Crippen molar-refractivity contribution in [2.75, 3.05) is 36.0 Å². The van der Waals surface area contributed by atoms with Crippen LogP contribution < -0.4 is 15.1 Å². The molecule has 2 saturated heterocycles. The number of hydrogen-bond acceptors (Lipinski definition) is 9. The molecule has 10 rings (SSSR count). The Morgan fingerprint density at radius 3 is 2.26 bits per heavy atom. The van der Waals surface area contributed by atoms with Gasteiger partial charge in [-0.2, -0.15) is 13.2 Å². The number of imide groups is 1. The Labute approximate surface area is 433 Å². The summed E-state index contributed by atoms with van der Waals surface area (Å²) in [6.45, 7) is 10.2. The van der Waals surface area contributed by atoms with E-state index >= 15 is 0 Å². The van der Waals surface area contributed by atoms with Crippen molar-refractivity contribution in [3.05, 3.63) is 141 Å². The van der Waals surface area contributed by atoms with Gasteiger partial charge in [-0.1, -0.05) is 75.9 Å². The van der Waals surface area contributed by atoms with Gasteiger partial charge in [-0.25, -0.2) is 0 Å². The van der Waals surface area contributed by atoms with Crippen LogP contribution in [-0.2, 0) is 66.6 Å². The van der Waals surface area contributed by atoms with E-state index in [0.717, 1.165) is 79.9 Å². The highest BCUT2D eigenvalue weighted by atomic mass is 19.4. The minimum atomic E-state index is -4.62. The molecule has 4 amide bonds. The number of alkyl halides is 3. The number of rotatable bonds is 16. The normalized spacial score (nSPS) is 18.1. The van der Waals surface area contributed by atoms with Crippen LogP contribution in [0.5, 0.6) is 0 Å². The number of halogens is 3. The molecule has 1 N–H and O–H groups in total. The predicted molar refractivity (Wildman–Crippen MR) is 279 cm³/mol. The topological polar surface area (TPSA) is 133 Å². The number of carbonyl (C=O) groups is 4. The van der Waals surface area contributed by atoms with E-state index in [1.54, 1.807) is 34.0 Å². The van der Waals surface area contributed by atoms with Crippen molar-refractivity contribution in [3.8, 4) is 0 Å². The van der Waals surface area contributed by atoms with Crippen LogP contribution in [0.25, 0.3) is 0 Å². The summed E-state index contributed by atoms with van der Waals surface area (Å²) < 4.78 is 52.1. The molecule has 2 atom stereocenters. The molecule has 0 radical (unpaired) electrons. The van der Waals surface area contributed by atoms with Gasteiger partial charge < -0.3 is 24.0 Å². The van der Waals surface area contributed by atoms with Gasteiger partial charge in [0.05, 0.1) is 24.8 Å². The van der Waals surface area contributed by atoms with Gasteiger partial charge in [0, 0.05) is 81.2 Å². The smallest absolute Gasteiger partial charge is 0.372 e. The Balaban J connectivity index is 0.00000115. The zero-order valence-electron chi connectivity index (χ0n) is 43.3. The lowest BCUT2D eigenvalue weighted by molar-refractivity contribution is -0.138. The molecule has 4 aliphatic heterocycles. The first-order chi connectivity index (χ1) is 35.8. The van der Waals surface area contributed by atoms with Gasteiger partial charge in [-0.3, -0.25) is 29.4 Å². The number of carbonyl (C=O) groups excluding carboxylic acids is 4. The zero-order chi connectivity index (χ0) is 52.4. The number of nitrogens with one attached hydrogen (secondary N) is 1. The van der Waals surface area contributed by atoms with Gasteiger partial charge in [-0.15, -0.1) is 10.2 Å². The second-order valence-electron chi connectivity index (χ2n) is 20.3. The number of aromatic nitrogens is 3. The minimum absolute atomic E-state index is 0.00689. The summed E-state index contributed by atoms with van der Waals surface area (Å²) in [6.07, 6.45) is 9.25. The Hall–Kier alpha value is -6.39. The van der Waals surface area contributed by atoms with E-state index in [9.17, 15) is 32.3 Å². The first kappa shape index (κ1) is 53.9. The maximum absolute atomic E-state index is 14.6. The number of likely N-dealkylation sites (tertiary alicyclic amines) is 1. The average Bonchev–Trinajstić information content (AvgIpc) is 4.06. The monoisotopic (exact) mass is 1020 g/mol. The summed E-state index contributed by atoms with van der Waals surface area (Å²) >= 11 is 0. The van der Waals surface area contributed by atoms with Crippen LogP contribution in [-0.4, -0.2) is 87.0 Å². The molecular weight excluding hydrogens is 946 g/mol. The zero-order valence-corrected chi connectivity index (χ0v) is 43.3. The van der Waals surface area contributed by atoms with Gasteiger partial charge in [0.15, 0.2) is 0 Å². The molecule has 13 nitrogen and oxygen atoms in total. The SMILES string of the molecule is C1CCC1.CC.C[C@@H](CCC(=O)NC=O)N1Cc2cc(N3CCC(Cc4ccc(CO[C@@H]5CCCN(Cc6cc7c(c(C(F)(F)F)c6)CN(c6cccc(Cc8nncn8C)c6)C7=O)C5)cc4)CC3)ccc2C1=O. The molecule has 5 aliphatic rings. The molecule has 74 heavy (non-hydrogen) atoms. The van der Waals surface area contributed by atoms with Crippen LogP contribution in [0.2, 0.25) is 0 Å². The molecule has 1 aromatic heterocycles. The van der Waals surface area contributed by atoms with Crippen molar-refractivity contribution in [2.24, 2.45) is 13.0 Å². The summed E-state index contributed by atoms with van der Waals surface area (Å²) in [7, 11) is 1.84. The van der Waals surface area contributed by atoms with E-state index in [4.69, 9.17) is 4.74 Å². The maximum Gasteiger partial charge on any atom is 0.416 e. The largest absolute Gasteiger partial charge is 0.416 e. The molecule has 0 unspecified atom stereocenters. The fourth-order valence-electron chi connectivity index (χ4n) is 10.5. The number of ether oxygens (including phenoxy) is 1. The quantitative estimate of drug-likeness (QED) is 0.0960. The van der Waals surface area contributed by atoms with Crippen molar-refractivity contribution in [1.82, 2.24) is 29.9 Å². The number of aryl methyl sites for hydroxylation is 1. The number of amides is 4. The standard InChI is InChI=1S/C52H57F3N8O5.C4H8.C2H6/c1-34(8-15-49(65)56-33-64)62-28-40-26-41(13-14-44(40)50(62)66)61-19-16-36(17-20-61)21-35-9-11-37(12-10-35)31-68-43-7-4-18-60(29-43)27-39-23-45-46(47(24-39)52(53,54)55)30-63(51(45)67)42-6-3-5-38(22-42)25-48-58-57-32-59(48)2;1-2-4-3-1;1-2/h3,5-6,9-14,22-24,26,32-34,36,43H,4,7-8,15-21,25,27-31H2,1-2H3,(H,56,64,65);1-4H2;1-2H3/t34-,43+;;/m0../s1. The minimum Gasteiger partial charge on any atom is -0.372 e. The third-order valence-corrected chi connectivity index (χ3v) is 15.1. The molecule has 3 fully saturated rings. The molecule has 1 aliphatic carbocycles. The van der Waals surface area contributed by atoms with E-state index in [-0.39, 0.29) is 54.6 Å². The molecule has 5 aromatic rings. The summed E-state index contributed by atoms with van der Waals surface area (Å²) in [4.78, 5) is 57.1. The molecule has 5 heterocycles. The van der Waals surface area contributed by atoms with E-state index in [1.807, 2.05) is 52.1 Å². The number of piperidine rings is 2. The third kappa shape index (κ3) is 13.3. The van der Waals surface area contributed by atoms with Crippen LogP contribution in [0.3, 0.4) is 0 Å². The van der Waals surface area contributed by atoms with Gasteiger partial charge in [0.2, 0.25) is 12.3 Å². The third-order valence-electron chi connectivity index (χ3n) is 15.1. The second kappa shape index (κ2) is 24.8.